The van der Waals surface area contributed by atoms with Gasteiger partial charge in [-0.25, -0.2) is 4.99 Å². The monoisotopic (exact) mass is 881 g/mol. The number of rotatable bonds is 19. The fraction of sp³-hybridized carbons (Fsp3) is 0.370. The number of imide groups is 1. The lowest BCUT2D eigenvalue weighted by atomic mass is 10.1. The van der Waals surface area contributed by atoms with Crippen LogP contribution in [0.4, 0.5) is 17.1 Å². The number of hydrogen-bond donors (Lipinski definition) is 6. The summed E-state index contributed by atoms with van der Waals surface area (Å²) >= 11 is 6.35. The number of nitrogens with zero attached hydrogens (tertiary/aromatic N) is 5. The number of carbonyl (C=O) groups excluding carboxylic acids is 5. The summed E-state index contributed by atoms with van der Waals surface area (Å²) in [5.74, 6) is 5.70. The molecule has 63 heavy (non-hydrogen) atoms. The average molecular weight is 883 g/mol. The molecule has 2 aliphatic heterocycles. The topological polar surface area (TPSA) is 220 Å². The molecule has 3 aromatic carbocycles. The molecule has 1 unspecified atom stereocenters. The minimum Gasteiger partial charge on any atom is -0.369 e. The minimum atomic E-state index is -0.563. The molecule has 5 rings (SSSR count). The number of nitrogens with two attached hydrogens (primary N) is 2. The third-order valence-electron chi connectivity index (χ3n) is 9.98. The van der Waals surface area contributed by atoms with Crippen LogP contribution in [0.2, 0.25) is 0 Å². The van der Waals surface area contributed by atoms with E-state index in [-0.39, 0.29) is 29.3 Å². The molecule has 0 aromatic heterocycles. The van der Waals surface area contributed by atoms with Crippen LogP contribution < -0.4 is 37.6 Å². The molecule has 3 aromatic rings. The second kappa shape index (κ2) is 28.3. The van der Waals surface area contributed by atoms with Gasteiger partial charge in [-0.05, 0) is 114 Å². The van der Waals surface area contributed by atoms with E-state index in [0.717, 1.165) is 75.3 Å². The highest BCUT2D eigenvalue weighted by Crippen LogP contribution is 2.27. The van der Waals surface area contributed by atoms with Crippen LogP contribution in [0.5, 0.6) is 0 Å². The SMILES string of the molecule is C=N/C=C(/Cl)C(=Nc1ccccc1C(N)=O)Nc1ccc(N2CCN(C)CC2)cc1.CC(CCC(=O)NC=O)N1Cc2cc(C#CCCNCCCCNC=O)ccc2C1=O.CN. The first kappa shape index (κ1) is 51.0. The molecular formula is C46H60ClN11O5. The summed E-state index contributed by atoms with van der Waals surface area (Å²) in [5.41, 5.74) is 15.2. The van der Waals surface area contributed by atoms with E-state index >= 15 is 0 Å². The maximum absolute atomic E-state index is 12.7. The number of primary amides is 1. The number of amides is 5. The summed E-state index contributed by atoms with van der Waals surface area (Å²) in [4.78, 5) is 71.0. The van der Waals surface area contributed by atoms with Crippen LogP contribution in [-0.4, -0.2) is 119 Å². The van der Waals surface area contributed by atoms with Gasteiger partial charge in [0.25, 0.3) is 11.8 Å². The third-order valence-corrected chi connectivity index (χ3v) is 10.3. The van der Waals surface area contributed by atoms with Gasteiger partial charge in [-0.1, -0.05) is 35.6 Å². The second-order valence-electron chi connectivity index (χ2n) is 14.4. The van der Waals surface area contributed by atoms with Gasteiger partial charge in [0.15, 0.2) is 5.84 Å². The van der Waals surface area contributed by atoms with Gasteiger partial charge in [-0.2, -0.15) is 0 Å². The molecule has 16 nitrogen and oxygen atoms in total. The highest BCUT2D eigenvalue weighted by atomic mass is 35.5. The third kappa shape index (κ3) is 17.1. The van der Waals surface area contributed by atoms with Crippen molar-refractivity contribution < 1.29 is 24.0 Å². The summed E-state index contributed by atoms with van der Waals surface area (Å²) in [6, 6.07) is 20.4. The number of piperazine rings is 1. The van der Waals surface area contributed by atoms with Gasteiger partial charge in [0.2, 0.25) is 18.7 Å². The van der Waals surface area contributed by atoms with Crippen molar-refractivity contribution in [3.63, 3.8) is 0 Å². The molecular weight excluding hydrogens is 822 g/mol. The fourth-order valence-electron chi connectivity index (χ4n) is 6.53. The Kier molecular flexibility index (Phi) is 22.9. The predicted octanol–water partition coefficient (Wildman–Crippen LogP) is 3.98. The lowest BCUT2D eigenvalue weighted by molar-refractivity contribution is -0.125. The number of benzene rings is 3. The molecule has 2 heterocycles. The van der Waals surface area contributed by atoms with E-state index in [2.05, 4.69) is 84.5 Å². The van der Waals surface area contributed by atoms with Crippen LogP contribution in [0.25, 0.3) is 0 Å². The van der Waals surface area contributed by atoms with Crippen molar-refractivity contribution in [3.05, 3.63) is 100 Å². The fourth-order valence-corrected chi connectivity index (χ4v) is 6.68. The molecule has 336 valence electrons. The Hall–Kier alpha value is -6.38. The smallest absolute Gasteiger partial charge is 0.254 e. The van der Waals surface area contributed by atoms with E-state index < -0.39 is 5.91 Å². The molecule has 1 fully saturated rings. The van der Waals surface area contributed by atoms with Gasteiger partial charge in [0.1, 0.15) is 5.03 Å². The van der Waals surface area contributed by atoms with Gasteiger partial charge in [0.05, 0.1) is 11.3 Å². The van der Waals surface area contributed by atoms with Crippen LogP contribution in [0.3, 0.4) is 0 Å². The Morgan fingerprint density at radius 3 is 2.37 bits per heavy atom. The van der Waals surface area contributed by atoms with Crippen molar-refractivity contribution in [2.75, 3.05) is 70.1 Å². The van der Waals surface area contributed by atoms with Gasteiger partial charge in [-0.3, -0.25) is 34.3 Å². The minimum absolute atomic E-state index is 0.0367. The number of anilines is 2. The number of halogens is 1. The van der Waals surface area contributed by atoms with E-state index in [0.29, 0.717) is 55.0 Å². The number of fused-ring (bicyclic) bond motifs is 1. The van der Waals surface area contributed by atoms with Crippen LogP contribution >= 0.6 is 11.6 Å². The molecule has 17 heteroatoms. The largest absolute Gasteiger partial charge is 0.369 e. The lowest BCUT2D eigenvalue weighted by Crippen LogP contribution is -2.44. The van der Waals surface area contributed by atoms with Gasteiger partial charge in [-0.15, -0.1) is 0 Å². The number of hydrogen-bond acceptors (Lipinski definition) is 11. The Morgan fingerprint density at radius 1 is 0.968 bits per heavy atom. The molecule has 0 bridgehead atoms. The van der Waals surface area contributed by atoms with Crippen LogP contribution in [0, 0.1) is 11.8 Å². The van der Waals surface area contributed by atoms with Crippen LogP contribution in [0.1, 0.15) is 70.9 Å². The Labute approximate surface area is 375 Å². The summed E-state index contributed by atoms with van der Waals surface area (Å²) in [6.07, 6.45) is 5.85. The molecule has 5 amide bonds. The number of para-hydroxylation sites is 1. The molecule has 0 saturated carbocycles. The Balaban J connectivity index is 0.000000323. The number of unbranched alkanes of at least 4 members (excludes halogenated alkanes) is 1. The van der Waals surface area contributed by atoms with E-state index in [1.54, 1.807) is 29.2 Å². The van der Waals surface area contributed by atoms with E-state index in [4.69, 9.17) is 17.3 Å². The first-order valence-electron chi connectivity index (χ1n) is 20.8. The zero-order chi connectivity index (χ0) is 46.0. The highest BCUT2D eigenvalue weighted by Gasteiger charge is 2.31. The number of amidine groups is 1. The van der Waals surface area contributed by atoms with Crippen LogP contribution in [0.15, 0.2) is 87.9 Å². The highest BCUT2D eigenvalue weighted by molar-refractivity contribution is 6.45. The van der Waals surface area contributed by atoms with Gasteiger partial charge in [0, 0.05) is 93.4 Å². The quantitative estimate of drug-likeness (QED) is 0.0335. The van der Waals surface area contributed by atoms with Crippen molar-refractivity contribution in [2.45, 2.75) is 51.6 Å². The van der Waals surface area contributed by atoms with Crippen molar-refractivity contribution in [1.82, 2.24) is 25.8 Å². The summed E-state index contributed by atoms with van der Waals surface area (Å²) in [6.45, 7) is 12.3. The van der Waals surface area contributed by atoms with Crippen molar-refractivity contribution >= 4 is 71.8 Å². The number of nitrogens with one attached hydrogen (secondary N) is 4. The van der Waals surface area contributed by atoms with Crippen molar-refractivity contribution in [2.24, 2.45) is 21.5 Å². The molecule has 8 N–H and O–H groups in total. The molecule has 1 saturated heterocycles. The number of likely N-dealkylation sites (N-methyl/N-ethyl adjacent to an activating group) is 1. The van der Waals surface area contributed by atoms with Gasteiger partial charge >= 0.3 is 0 Å². The van der Waals surface area contributed by atoms with Gasteiger partial charge < -0.3 is 42.1 Å². The Morgan fingerprint density at radius 2 is 1.68 bits per heavy atom. The number of carbonyl (C=O) groups is 5. The van der Waals surface area contributed by atoms with Crippen molar-refractivity contribution in [1.29, 1.82) is 0 Å². The average Bonchev–Trinajstić information content (AvgIpc) is 3.62. The standard InChI is InChI=1S/C23H30N4O4.C22H25ClN6O.CH5N/c1-18(7-10-22(30)26-17-29)27-15-20-14-19(8-9-21(20)23(27)31)6-2-3-11-24-12-4-5-13-25-16-28;1-25-15-19(23)22(27-20-6-4-3-5-18(20)21(24)30)26-16-7-9-17(10-8-16)29-13-11-28(2)12-14-29;1-2/h8-9,14,16-18,24H,3-5,7,10-13,15H2,1H3,(H,25,28)(H,26,29,30);3-10,15H,1,11-14H2,2H3,(H2,24,30)(H,26,27);2H2,1H3/b;19-15+;. The molecule has 0 spiro atoms. The zero-order valence-corrected chi connectivity index (χ0v) is 37.1. The van der Waals surface area contributed by atoms with Crippen LogP contribution in [-0.2, 0) is 20.9 Å². The summed E-state index contributed by atoms with van der Waals surface area (Å²) in [7, 11) is 3.64. The first-order valence-corrected chi connectivity index (χ1v) is 21.1. The second-order valence-corrected chi connectivity index (χ2v) is 14.8. The van der Waals surface area contributed by atoms with E-state index in [1.165, 1.54) is 18.9 Å². The first-order chi connectivity index (χ1) is 30.5. The maximum Gasteiger partial charge on any atom is 0.254 e. The molecule has 0 aliphatic carbocycles. The summed E-state index contributed by atoms with van der Waals surface area (Å²) in [5, 5.41) is 11.5. The normalized spacial score (nSPS) is 14.0. The molecule has 2 aliphatic rings. The Bertz CT molecular complexity index is 2110. The summed E-state index contributed by atoms with van der Waals surface area (Å²) < 4.78 is 0. The molecule has 0 radical (unpaired) electrons. The molecule has 1 atom stereocenters. The van der Waals surface area contributed by atoms with E-state index in [9.17, 15) is 24.0 Å². The predicted molar refractivity (Wildman–Crippen MR) is 252 cm³/mol. The number of aliphatic imine (C=N–C) groups is 2. The van der Waals surface area contributed by atoms with E-state index in [1.807, 2.05) is 37.3 Å². The maximum atomic E-state index is 12.7. The lowest BCUT2D eigenvalue weighted by Gasteiger charge is -2.34. The zero-order valence-electron chi connectivity index (χ0n) is 36.4. The van der Waals surface area contributed by atoms with Crippen molar-refractivity contribution in [3.8, 4) is 11.8 Å².